The Labute approximate surface area is 173 Å². The molecule has 7 heteroatoms. The van der Waals surface area contributed by atoms with Gasteiger partial charge in [0.05, 0.1) is 24.0 Å². The second-order valence-electron chi connectivity index (χ2n) is 7.09. The lowest BCUT2D eigenvalue weighted by Crippen LogP contribution is -2.12. The first-order chi connectivity index (χ1) is 14.2. The van der Waals surface area contributed by atoms with E-state index in [0.29, 0.717) is 13.0 Å². The van der Waals surface area contributed by atoms with E-state index in [1.165, 1.54) is 11.7 Å². The summed E-state index contributed by atoms with van der Waals surface area (Å²) in [7, 11) is 0. The van der Waals surface area contributed by atoms with Crippen LogP contribution in [0.15, 0.2) is 48.5 Å². The molecule has 0 saturated carbocycles. The Hall–Kier alpha value is -3.06. The third kappa shape index (κ3) is 4.19. The number of nitrogens with zero attached hydrogens (tertiary/aromatic N) is 4. The quantitative estimate of drug-likeness (QED) is 0.464. The number of hydrogen-bond donors (Lipinski definition) is 1. The predicted octanol–water partition coefficient (Wildman–Crippen LogP) is 4.57. The zero-order chi connectivity index (χ0) is 20.2. The summed E-state index contributed by atoms with van der Waals surface area (Å²) in [5.74, 6) is -0.942. The highest BCUT2D eigenvalue weighted by Crippen LogP contribution is 2.24. The number of aryl methyl sites for hydroxylation is 1. The van der Waals surface area contributed by atoms with Gasteiger partial charge < -0.3 is 5.11 Å². The van der Waals surface area contributed by atoms with Crippen molar-refractivity contribution in [2.24, 2.45) is 0 Å². The molecule has 2 aromatic carbocycles. The standard InChI is InChI=1S/C22H22N4O2S/c1-2-3-9-18-17(12-16-10-11-19-20(13-16)25-29-24-19)21(22(27)28)26(23-18)14-15-7-5-4-6-8-15/h4-8,10-11,13H,2-3,9,12,14H2,1H3,(H,27,28). The number of carbonyl (C=O) groups is 1. The summed E-state index contributed by atoms with van der Waals surface area (Å²) >= 11 is 1.18. The van der Waals surface area contributed by atoms with E-state index in [1.54, 1.807) is 4.68 Å². The van der Waals surface area contributed by atoms with Crippen LogP contribution in [0.4, 0.5) is 0 Å². The van der Waals surface area contributed by atoms with Crippen LogP contribution >= 0.6 is 11.7 Å². The summed E-state index contributed by atoms with van der Waals surface area (Å²) in [6.45, 7) is 2.57. The van der Waals surface area contributed by atoms with E-state index in [-0.39, 0.29) is 5.69 Å². The van der Waals surface area contributed by atoms with Crippen molar-refractivity contribution in [1.29, 1.82) is 0 Å². The van der Waals surface area contributed by atoms with Gasteiger partial charge in [-0.05, 0) is 36.1 Å². The Bertz CT molecular complexity index is 1130. The molecule has 0 amide bonds. The molecule has 0 bridgehead atoms. The Morgan fingerprint density at radius 3 is 2.62 bits per heavy atom. The molecule has 4 rings (SSSR count). The fraction of sp³-hybridized carbons (Fsp3) is 0.273. The number of aromatic carboxylic acids is 1. The van der Waals surface area contributed by atoms with Gasteiger partial charge in [-0.1, -0.05) is 49.7 Å². The lowest BCUT2D eigenvalue weighted by Gasteiger charge is -2.07. The van der Waals surface area contributed by atoms with Crippen LogP contribution in [-0.4, -0.2) is 29.6 Å². The van der Waals surface area contributed by atoms with E-state index in [4.69, 9.17) is 5.10 Å². The maximum Gasteiger partial charge on any atom is 0.354 e. The van der Waals surface area contributed by atoms with Gasteiger partial charge in [-0.3, -0.25) is 4.68 Å². The van der Waals surface area contributed by atoms with Crippen LogP contribution in [-0.2, 0) is 19.4 Å². The second kappa shape index (κ2) is 8.53. The van der Waals surface area contributed by atoms with Crippen molar-refractivity contribution in [2.45, 2.75) is 39.2 Å². The van der Waals surface area contributed by atoms with Crippen molar-refractivity contribution >= 4 is 28.7 Å². The number of rotatable bonds is 8. The predicted molar refractivity (Wildman–Crippen MR) is 114 cm³/mol. The summed E-state index contributed by atoms with van der Waals surface area (Å²) in [5, 5.41) is 14.7. The van der Waals surface area contributed by atoms with Gasteiger partial charge in [0.2, 0.25) is 0 Å². The number of carboxylic acids is 1. The molecule has 2 heterocycles. The lowest BCUT2D eigenvalue weighted by molar-refractivity contribution is 0.0683. The van der Waals surface area contributed by atoms with Crippen molar-refractivity contribution in [2.75, 3.05) is 0 Å². The SMILES string of the molecule is CCCCc1nn(Cc2ccccc2)c(C(=O)O)c1Cc1ccc2nsnc2c1. The van der Waals surface area contributed by atoms with Crippen LogP contribution in [0.25, 0.3) is 11.0 Å². The Morgan fingerprint density at radius 1 is 1.07 bits per heavy atom. The summed E-state index contributed by atoms with van der Waals surface area (Å²) in [5.41, 5.74) is 5.70. The van der Waals surface area contributed by atoms with Gasteiger partial charge in [0.15, 0.2) is 0 Å². The molecule has 0 aliphatic carbocycles. The molecule has 0 fully saturated rings. The number of unbranched alkanes of at least 4 members (excludes halogenated alkanes) is 1. The van der Waals surface area contributed by atoms with E-state index in [2.05, 4.69) is 15.7 Å². The van der Waals surface area contributed by atoms with Crippen molar-refractivity contribution in [1.82, 2.24) is 18.5 Å². The van der Waals surface area contributed by atoms with Gasteiger partial charge in [0.25, 0.3) is 0 Å². The monoisotopic (exact) mass is 406 g/mol. The summed E-state index contributed by atoms with van der Waals surface area (Å²) in [4.78, 5) is 12.2. The summed E-state index contributed by atoms with van der Waals surface area (Å²) in [6.07, 6.45) is 3.30. The lowest BCUT2D eigenvalue weighted by atomic mass is 9.99. The molecule has 1 N–H and O–H groups in total. The zero-order valence-electron chi connectivity index (χ0n) is 16.2. The second-order valence-corrected chi connectivity index (χ2v) is 7.62. The fourth-order valence-electron chi connectivity index (χ4n) is 3.53. The van der Waals surface area contributed by atoms with Crippen LogP contribution in [0.2, 0.25) is 0 Å². The number of hydrogen-bond acceptors (Lipinski definition) is 5. The van der Waals surface area contributed by atoms with Gasteiger partial charge >= 0.3 is 5.97 Å². The van der Waals surface area contributed by atoms with Crippen molar-refractivity contribution in [3.05, 3.63) is 76.6 Å². The largest absolute Gasteiger partial charge is 0.477 e. The fourth-order valence-corrected chi connectivity index (χ4v) is 4.05. The number of carboxylic acid groups (broad SMARTS) is 1. The highest BCUT2D eigenvalue weighted by Gasteiger charge is 2.23. The normalized spacial score (nSPS) is 11.2. The van der Waals surface area contributed by atoms with E-state index in [0.717, 1.165) is 52.7 Å². The van der Waals surface area contributed by atoms with Crippen LogP contribution in [0.5, 0.6) is 0 Å². The average molecular weight is 407 g/mol. The van der Waals surface area contributed by atoms with Crippen LogP contribution < -0.4 is 0 Å². The van der Waals surface area contributed by atoms with Gasteiger partial charge in [0, 0.05) is 12.0 Å². The Kier molecular flexibility index (Phi) is 5.67. The maximum absolute atomic E-state index is 12.2. The van der Waals surface area contributed by atoms with E-state index in [1.807, 2.05) is 48.5 Å². The minimum absolute atomic E-state index is 0.274. The smallest absolute Gasteiger partial charge is 0.354 e. The van der Waals surface area contributed by atoms with Crippen molar-refractivity contribution in [3.8, 4) is 0 Å². The number of fused-ring (bicyclic) bond motifs is 1. The molecule has 0 aliphatic rings. The van der Waals surface area contributed by atoms with Crippen molar-refractivity contribution in [3.63, 3.8) is 0 Å². The minimum atomic E-state index is -0.942. The molecule has 0 atom stereocenters. The Morgan fingerprint density at radius 2 is 1.86 bits per heavy atom. The van der Waals surface area contributed by atoms with Gasteiger partial charge in [0.1, 0.15) is 16.7 Å². The maximum atomic E-state index is 12.2. The van der Waals surface area contributed by atoms with E-state index in [9.17, 15) is 9.90 Å². The molecule has 0 radical (unpaired) electrons. The molecule has 2 aromatic heterocycles. The molecule has 0 spiro atoms. The summed E-state index contributed by atoms with van der Waals surface area (Å²) < 4.78 is 10.2. The zero-order valence-corrected chi connectivity index (χ0v) is 17.0. The molecule has 4 aromatic rings. The van der Waals surface area contributed by atoms with E-state index < -0.39 is 5.97 Å². The molecule has 0 unspecified atom stereocenters. The van der Waals surface area contributed by atoms with Crippen LogP contribution in [0, 0.1) is 0 Å². The minimum Gasteiger partial charge on any atom is -0.477 e. The Balaban J connectivity index is 1.75. The molecule has 0 aliphatic heterocycles. The third-order valence-corrected chi connectivity index (χ3v) is 5.53. The average Bonchev–Trinajstić information content (AvgIpc) is 3.31. The number of aromatic nitrogens is 4. The molecule has 29 heavy (non-hydrogen) atoms. The van der Waals surface area contributed by atoms with Crippen LogP contribution in [0.3, 0.4) is 0 Å². The van der Waals surface area contributed by atoms with Gasteiger partial charge in [-0.25, -0.2) is 4.79 Å². The highest BCUT2D eigenvalue weighted by molar-refractivity contribution is 7.00. The molecule has 148 valence electrons. The highest BCUT2D eigenvalue weighted by atomic mass is 32.1. The third-order valence-electron chi connectivity index (χ3n) is 4.98. The number of benzene rings is 2. The first-order valence-corrected chi connectivity index (χ1v) is 10.5. The molecule has 6 nitrogen and oxygen atoms in total. The summed E-state index contributed by atoms with van der Waals surface area (Å²) in [6, 6.07) is 15.8. The molecule has 0 saturated heterocycles. The van der Waals surface area contributed by atoms with Gasteiger partial charge in [-0.2, -0.15) is 13.8 Å². The topological polar surface area (TPSA) is 80.9 Å². The molecular weight excluding hydrogens is 384 g/mol. The first-order valence-electron chi connectivity index (χ1n) is 9.72. The molecular formula is C22H22N4O2S. The van der Waals surface area contributed by atoms with E-state index >= 15 is 0 Å². The van der Waals surface area contributed by atoms with Crippen molar-refractivity contribution < 1.29 is 9.90 Å². The van der Waals surface area contributed by atoms with Gasteiger partial charge in [-0.15, -0.1) is 0 Å². The van der Waals surface area contributed by atoms with Crippen LogP contribution in [0.1, 0.15) is 52.6 Å². The first kappa shape index (κ1) is 19.3.